The van der Waals surface area contributed by atoms with E-state index in [0.717, 1.165) is 14.5 Å². The molecule has 18 heavy (non-hydrogen) atoms. The molecular weight excluding hydrogens is 363 g/mol. The molecule has 5 heteroatoms. The number of hydrogen-bond donors (Lipinski definition) is 1. The van der Waals surface area contributed by atoms with Crippen LogP contribution in [0.25, 0.3) is 22.4 Å². The monoisotopic (exact) mass is 368 g/mol. The lowest BCUT2D eigenvalue weighted by molar-refractivity contribution is 0.637. The van der Waals surface area contributed by atoms with Crippen molar-refractivity contribution >= 4 is 42.9 Å². The summed E-state index contributed by atoms with van der Waals surface area (Å²) >= 11 is 6.88. The average molecular weight is 370 g/mol. The number of nitrogens with zero attached hydrogens (tertiary/aromatic N) is 1. The largest absolute Gasteiger partial charge is 0.338 e. The molecule has 0 saturated heterocycles. The van der Waals surface area contributed by atoms with Crippen molar-refractivity contribution in [3.05, 3.63) is 51.2 Å². The van der Waals surface area contributed by atoms with E-state index in [1.807, 2.05) is 18.2 Å². The Bertz CT molecular complexity index is 737. The Morgan fingerprint density at radius 1 is 1.11 bits per heavy atom. The molecule has 1 heterocycles. The van der Waals surface area contributed by atoms with Gasteiger partial charge in [0.15, 0.2) is 5.82 Å². The van der Waals surface area contributed by atoms with E-state index in [0.29, 0.717) is 16.9 Å². The predicted octanol–water partition coefficient (Wildman–Crippen LogP) is 4.89. The normalized spacial score (nSPS) is 11.1. The van der Waals surface area contributed by atoms with Crippen molar-refractivity contribution in [3.8, 4) is 11.4 Å². The zero-order valence-corrected chi connectivity index (χ0v) is 12.2. The number of aromatic amines is 1. The summed E-state index contributed by atoms with van der Waals surface area (Å²) in [5, 5.41) is 0. The lowest BCUT2D eigenvalue weighted by Gasteiger charge is -2.01. The molecule has 90 valence electrons. The molecule has 0 aliphatic rings. The standard InChI is InChI=1S/C13H7Br2FN2/c14-7-4-5-9(15)8(6-7)13-17-11-3-1-2-10(16)12(11)18-13/h1-6H,(H,17,18). The minimum atomic E-state index is -0.318. The van der Waals surface area contributed by atoms with Gasteiger partial charge in [-0.25, -0.2) is 9.37 Å². The Hall–Kier alpha value is -1.20. The van der Waals surface area contributed by atoms with Gasteiger partial charge in [-0.15, -0.1) is 0 Å². The molecule has 3 rings (SSSR count). The fourth-order valence-electron chi connectivity index (χ4n) is 1.80. The van der Waals surface area contributed by atoms with E-state index in [1.54, 1.807) is 12.1 Å². The highest BCUT2D eigenvalue weighted by atomic mass is 79.9. The molecule has 1 N–H and O–H groups in total. The molecule has 0 radical (unpaired) electrons. The zero-order chi connectivity index (χ0) is 12.7. The molecule has 3 aromatic rings. The summed E-state index contributed by atoms with van der Waals surface area (Å²) in [7, 11) is 0. The van der Waals surface area contributed by atoms with Crippen molar-refractivity contribution in [2.45, 2.75) is 0 Å². The number of nitrogens with one attached hydrogen (secondary N) is 1. The van der Waals surface area contributed by atoms with Gasteiger partial charge in [0.05, 0.1) is 5.52 Å². The van der Waals surface area contributed by atoms with Gasteiger partial charge in [0, 0.05) is 14.5 Å². The van der Waals surface area contributed by atoms with Gasteiger partial charge in [0.1, 0.15) is 11.3 Å². The van der Waals surface area contributed by atoms with Crippen LogP contribution in [0.4, 0.5) is 4.39 Å². The summed E-state index contributed by atoms with van der Waals surface area (Å²) in [5.41, 5.74) is 1.94. The SMILES string of the molecule is Fc1cccc2[nH]c(-c3cc(Br)ccc3Br)nc12. The fraction of sp³-hybridized carbons (Fsp3) is 0. The van der Waals surface area contributed by atoms with Gasteiger partial charge in [-0.2, -0.15) is 0 Å². The molecule has 0 aliphatic carbocycles. The second-order valence-corrected chi connectivity index (χ2v) is 5.62. The zero-order valence-electron chi connectivity index (χ0n) is 9.05. The Morgan fingerprint density at radius 3 is 2.72 bits per heavy atom. The van der Waals surface area contributed by atoms with Crippen LogP contribution in [0.1, 0.15) is 0 Å². The molecule has 0 spiro atoms. The molecule has 0 bridgehead atoms. The molecule has 0 saturated carbocycles. The predicted molar refractivity (Wildman–Crippen MR) is 76.9 cm³/mol. The van der Waals surface area contributed by atoms with Crippen molar-refractivity contribution in [3.63, 3.8) is 0 Å². The number of para-hydroxylation sites is 1. The van der Waals surface area contributed by atoms with Crippen LogP contribution in [0.15, 0.2) is 45.3 Å². The van der Waals surface area contributed by atoms with E-state index >= 15 is 0 Å². The summed E-state index contributed by atoms with van der Waals surface area (Å²) in [4.78, 5) is 7.42. The van der Waals surface area contributed by atoms with Crippen LogP contribution in [0.5, 0.6) is 0 Å². The van der Waals surface area contributed by atoms with Crippen LogP contribution in [0.3, 0.4) is 0 Å². The highest BCUT2D eigenvalue weighted by Gasteiger charge is 2.11. The third kappa shape index (κ3) is 1.97. The van der Waals surface area contributed by atoms with Gasteiger partial charge in [-0.1, -0.05) is 37.9 Å². The molecule has 0 fully saturated rings. The number of H-pyrrole nitrogens is 1. The van der Waals surface area contributed by atoms with Crippen molar-refractivity contribution in [1.82, 2.24) is 9.97 Å². The van der Waals surface area contributed by atoms with Gasteiger partial charge >= 0.3 is 0 Å². The highest BCUT2D eigenvalue weighted by Crippen LogP contribution is 2.30. The number of halogens is 3. The number of fused-ring (bicyclic) bond motifs is 1. The van der Waals surface area contributed by atoms with Gasteiger partial charge in [-0.05, 0) is 30.3 Å². The number of rotatable bonds is 1. The van der Waals surface area contributed by atoms with Crippen LogP contribution >= 0.6 is 31.9 Å². The minimum Gasteiger partial charge on any atom is -0.338 e. The molecule has 0 aliphatic heterocycles. The summed E-state index contributed by atoms with van der Waals surface area (Å²) in [6.07, 6.45) is 0. The Morgan fingerprint density at radius 2 is 1.94 bits per heavy atom. The van der Waals surface area contributed by atoms with Crippen molar-refractivity contribution in [2.75, 3.05) is 0 Å². The second kappa shape index (κ2) is 4.48. The number of benzene rings is 2. The summed E-state index contributed by atoms with van der Waals surface area (Å²) in [6, 6.07) is 10.7. The first-order valence-electron chi connectivity index (χ1n) is 5.25. The molecule has 0 amide bonds. The Kier molecular flexibility index (Phi) is 2.95. The van der Waals surface area contributed by atoms with Crippen molar-refractivity contribution in [1.29, 1.82) is 0 Å². The van der Waals surface area contributed by atoms with Gasteiger partial charge in [0.25, 0.3) is 0 Å². The maximum absolute atomic E-state index is 13.6. The smallest absolute Gasteiger partial charge is 0.151 e. The number of aromatic nitrogens is 2. The summed E-state index contributed by atoms with van der Waals surface area (Å²) in [5.74, 6) is 0.324. The van der Waals surface area contributed by atoms with Gasteiger partial charge in [0.2, 0.25) is 0 Å². The molecule has 1 aromatic heterocycles. The number of imidazole rings is 1. The van der Waals surface area contributed by atoms with E-state index in [1.165, 1.54) is 6.07 Å². The Balaban J connectivity index is 2.26. The van der Waals surface area contributed by atoms with Crippen LogP contribution in [0, 0.1) is 5.82 Å². The fourth-order valence-corrected chi connectivity index (χ4v) is 2.60. The summed E-state index contributed by atoms with van der Waals surface area (Å²) in [6.45, 7) is 0. The third-order valence-electron chi connectivity index (χ3n) is 2.65. The maximum atomic E-state index is 13.6. The van der Waals surface area contributed by atoms with Crippen LogP contribution in [0.2, 0.25) is 0 Å². The van der Waals surface area contributed by atoms with E-state index < -0.39 is 0 Å². The number of hydrogen-bond acceptors (Lipinski definition) is 1. The highest BCUT2D eigenvalue weighted by molar-refractivity contribution is 9.11. The quantitative estimate of drug-likeness (QED) is 0.649. The summed E-state index contributed by atoms with van der Waals surface area (Å²) < 4.78 is 15.4. The topological polar surface area (TPSA) is 28.7 Å². The average Bonchev–Trinajstić information content (AvgIpc) is 2.77. The van der Waals surface area contributed by atoms with E-state index in [2.05, 4.69) is 41.8 Å². The van der Waals surface area contributed by atoms with E-state index in [9.17, 15) is 4.39 Å². The minimum absolute atomic E-state index is 0.318. The molecule has 2 aromatic carbocycles. The van der Waals surface area contributed by atoms with E-state index in [-0.39, 0.29) is 5.82 Å². The molecule has 0 atom stereocenters. The Labute approximate surface area is 119 Å². The molecule has 2 nitrogen and oxygen atoms in total. The lowest BCUT2D eigenvalue weighted by Crippen LogP contribution is -1.82. The van der Waals surface area contributed by atoms with Crippen LogP contribution < -0.4 is 0 Å². The van der Waals surface area contributed by atoms with Crippen LogP contribution in [-0.2, 0) is 0 Å². The van der Waals surface area contributed by atoms with Crippen molar-refractivity contribution in [2.24, 2.45) is 0 Å². The lowest BCUT2D eigenvalue weighted by atomic mass is 10.2. The first-order chi connectivity index (χ1) is 8.65. The first-order valence-corrected chi connectivity index (χ1v) is 6.83. The molecule has 0 unspecified atom stereocenters. The van der Waals surface area contributed by atoms with Gasteiger partial charge < -0.3 is 4.98 Å². The first kappa shape index (κ1) is 11.9. The maximum Gasteiger partial charge on any atom is 0.151 e. The van der Waals surface area contributed by atoms with E-state index in [4.69, 9.17) is 0 Å². The van der Waals surface area contributed by atoms with Crippen molar-refractivity contribution < 1.29 is 4.39 Å². The third-order valence-corrected chi connectivity index (χ3v) is 3.83. The second-order valence-electron chi connectivity index (χ2n) is 3.85. The molecular formula is C13H7Br2FN2. The van der Waals surface area contributed by atoms with Gasteiger partial charge in [-0.3, -0.25) is 0 Å². The van der Waals surface area contributed by atoms with Crippen LogP contribution in [-0.4, -0.2) is 9.97 Å².